The fourth-order valence-electron chi connectivity index (χ4n) is 4.73. The molecule has 2 aliphatic rings. The van der Waals surface area contributed by atoms with E-state index in [0.29, 0.717) is 11.3 Å². The highest BCUT2D eigenvalue weighted by atomic mass is 14.7. The van der Waals surface area contributed by atoms with Gasteiger partial charge in [-0.1, -0.05) is 57.4 Å². The van der Waals surface area contributed by atoms with E-state index in [2.05, 4.69) is 38.1 Å². The van der Waals surface area contributed by atoms with Gasteiger partial charge in [-0.3, -0.25) is 0 Å². The summed E-state index contributed by atoms with van der Waals surface area (Å²) in [6, 6.07) is 9.31. The lowest BCUT2D eigenvalue weighted by atomic mass is 9.46. The van der Waals surface area contributed by atoms with E-state index in [1.165, 1.54) is 56.1 Å². The summed E-state index contributed by atoms with van der Waals surface area (Å²) in [5.74, 6) is 0.615. The maximum atomic E-state index is 6.19. The molecule has 0 aliphatic heterocycles. The highest BCUT2D eigenvalue weighted by molar-refractivity contribution is 5.34. The number of benzene rings is 1. The van der Waals surface area contributed by atoms with E-state index in [-0.39, 0.29) is 5.41 Å². The first-order valence-corrected chi connectivity index (χ1v) is 8.40. The minimum atomic E-state index is 0.285. The number of hydrogen-bond acceptors (Lipinski definition) is 1. The molecule has 0 aromatic heterocycles. The zero-order chi connectivity index (χ0) is 14.2. The maximum Gasteiger partial charge on any atom is 0.00861 e. The summed E-state index contributed by atoms with van der Waals surface area (Å²) in [7, 11) is 0. The molecular weight excluding hydrogens is 242 g/mol. The third-order valence-electron chi connectivity index (χ3n) is 5.92. The van der Waals surface area contributed by atoms with Crippen LogP contribution in [0.5, 0.6) is 0 Å². The average molecular weight is 271 g/mol. The standard InChI is InChI=1S/C19H29N/c1-15(2)16-6-8-17(9-7-16)19(14-20)12-18(13-19)10-4-3-5-11-18/h6-9,15H,3-5,10-14,20H2,1-2H3. The largest absolute Gasteiger partial charge is 0.330 e. The molecule has 2 fully saturated rings. The monoisotopic (exact) mass is 271 g/mol. The summed E-state index contributed by atoms with van der Waals surface area (Å²) < 4.78 is 0. The van der Waals surface area contributed by atoms with E-state index >= 15 is 0 Å². The van der Waals surface area contributed by atoms with Gasteiger partial charge >= 0.3 is 0 Å². The van der Waals surface area contributed by atoms with Crippen molar-refractivity contribution in [3.8, 4) is 0 Å². The van der Waals surface area contributed by atoms with Gasteiger partial charge in [0.05, 0.1) is 0 Å². The molecule has 0 saturated heterocycles. The van der Waals surface area contributed by atoms with Gasteiger partial charge in [0.2, 0.25) is 0 Å². The summed E-state index contributed by atoms with van der Waals surface area (Å²) >= 11 is 0. The van der Waals surface area contributed by atoms with Crippen molar-refractivity contribution in [2.24, 2.45) is 11.1 Å². The van der Waals surface area contributed by atoms with Gasteiger partial charge in [-0.2, -0.15) is 0 Å². The summed E-state index contributed by atoms with van der Waals surface area (Å²) in [6.45, 7) is 5.33. The molecule has 0 heterocycles. The molecular formula is C19H29N. The summed E-state index contributed by atoms with van der Waals surface area (Å²) in [6.07, 6.45) is 9.87. The Kier molecular flexibility index (Phi) is 3.66. The fourth-order valence-corrected chi connectivity index (χ4v) is 4.73. The molecule has 0 unspecified atom stereocenters. The first-order chi connectivity index (χ1) is 9.59. The fraction of sp³-hybridized carbons (Fsp3) is 0.684. The molecule has 20 heavy (non-hydrogen) atoms. The number of hydrogen-bond donors (Lipinski definition) is 1. The molecule has 0 atom stereocenters. The van der Waals surface area contributed by atoms with E-state index in [0.717, 1.165) is 6.54 Å². The van der Waals surface area contributed by atoms with E-state index in [9.17, 15) is 0 Å². The van der Waals surface area contributed by atoms with Crippen LogP contribution in [0.1, 0.15) is 75.8 Å². The highest BCUT2D eigenvalue weighted by Crippen LogP contribution is 2.61. The Morgan fingerprint density at radius 3 is 2.10 bits per heavy atom. The van der Waals surface area contributed by atoms with Gasteiger partial charge in [0.15, 0.2) is 0 Å². The molecule has 110 valence electrons. The van der Waals surface area contributed by atoms with Crippen LogP contribution < -0.4 is 5.73 Å². The van der Waals surface area contributed by atoms with Crippen molar-refractivity contribution in [2.45, 2.75) is 70.1 Å². The van der Waals surface area contributed by atoms with Crippen LogP contribution in [0.3, 0.4) is 0 Å². The molecule has 0 amide bonds. The van der Waals surface area contributed by atoms with Gasteiger partial charge in [0, 0.05) is 12.0 Å². The maximum absolute atomic E-state index is 6.19. The zero-order valence-electron chi connectivity index (χ0n) is 13.1. The number of rotatable bonds is 3. The van der Waals surface area contributed by atoms with Gasteiger partial charge in [-0.05, 0) is 48.1 Å². The minimum Gasteiger partial charge on any atom is -0.330 e. The third-order valence-corrected chi connectivity index (χ3v) is 5.92. The Morgan fingerprint density at radius 2 is 1.60 bits per heavy atom. The predicted octanol–water partition coefficient (Wildman–Crippen LogP) is 4.75. The van der Waals surface area contributed by atoms with Crippen LogP contribution >= 0.6 is 0 Å². The lowest BCUT2D eigenvalue weighted by Gasteiger charge is -2.58. The summed E-state index contributed by atoms with van der Waals surface area (Å²) in [5, 5.41) is 0. The quantitative estimate of drug-likeness (QED) is 0.843. The molecule has 2 N–H and O–H groups in total. The van der Waals surface area contributed by atoms with Crippen LogP contribution in [-0.2, 0) is 5.41 Å². The Balaban J connectivity index is 1.77. The first-order valence-electron chi connectivity index (χ1n) is 8.40. The molecule has 0 bridgehead atoms. The predicted molar refractivity (Wildman–Crippen MR) is 86.0 cm³/mol. The Morgan fingerprint density at radius 1 is 1.00 bits per heavy atom. The van der Waals surface area contributed by atoms with Crippen LogP contribution in [-0.4, -0.2) is 6.54 Å². The van der Waals surface area contributed by atoms with Gasteiger partial charge in [0.25, 0.3) is 0 Å². The van der Waals surface area contributed by atoms with Crippen LogP contribution in [0, 0.1) is 5.41 Å². The van der Waals surface area contributed by atoms with Gasteiger partial charge < -0.3 is 5.73 Å². The van der Waals surface area contributed by atoms with Gasteiger partial charge in [-0.25, -0.2) is 0 Å². The SMILES string of the molecule is CC(C)c1ccc(C2(CN)CC3(CCCCC3)C2)cc1. The van der Waals surface area contributed by atoms with Crippen LogP contribution in [0.2, 0.25) is 0 Å². The van der Waals surface area contributed by atoms with Crippen molar-refractivity contribution in [1.29, 1.82) is 0 Å². The minimum absolute atomic E-state index is 0.285. The van der Waals surface area contributed by atoms with Gasteiger partial charge in [0.1, 0.15) is 0 Å². The van der Waals surface area contributed by atoms with Crippen molar-refractivity contribution in [1.82, 2.24) is 0 Å². The Bertz CT molecular complexity index is 443. The zero-order valence-corrected chi connectivity index (χ0v) is 13.1. The lowest BCUT2D eigenvalue weighted by Crippen LogP contribution is -2.54. The van der Waals surface area contributed by atoms with E-state index in [1.54, 1.807) is 0 Å². The third kappa shape index (κ3) is 2.30. The molecule has 1 heteroatoms. The van der Waals surface area contributed by atoms with Crippen LogP contribution in [0.4, 0.5) is 0 Å². The second-order valence-electron chi connectivity index (χ2n) is 7.68. The molecule has 3 rings (SSSR count). The molecule has 2 aliphatic carbocycles. The van der Waals surface area contributed by atoms with E-state index in [4.69, 9.17) is 5.73 Å². The molecule has 1 aromatic rings. The average Bonchev–Trinajstić information content (AvgIpc) is 2.45. The van der Waals surface area contributed by atoms with Crippen molar-refractivity contribution in [2.75, 3.05) is 6.54 Å². The van der Waals surface area contributed by atoms with Crippen molar-refractivity contribution in [3.63, 3.8) is 0 Å². The topological polar surface area (TPSA) is 26.0 Å². The molecule has 2 saturated carbocycles. The normalized spacial score (nSPS) is 23.8. The number of nitrogens with two attached hydrogens (primary N) is 1. The highest BCUT2D eigenvalue weighted by Gasteiger charge is 2.54. The van der Waals surface area contributed by atoms with Crippen LogP contribution in [0.15, 0.2) is 24.3 Å². The van der Waals surface area contributed by atoms with Crippen molar-refractivity contribution >= 4 is 0 Å². The Labute approximate surface area is 124 Å². The lowest BCUT2D eigenvalue weighted by molar-refractivity contribution is -0.00834. The van der Waals surface area contributed by atoms with Crippen molar-refractivity contribution < 1.29 is 0 Å². The Hall–Kier alpha value is -0.820. The molecule has 1 spiro atoms. The summed E-state index contributed by atoms with van der Waals surface area (Å²) in [4.78, 5) is 0. The van der Waals surface area contributed by atoms with Crippen LogP contribution in [0.25, 0.3) is 0 Å². The van der Waals surface area contributed by atoms with E-state index < -0.39 is 0 Å². The smallest absolute Gasteiger partial charge is 0.00861 e. The van der Waals surface area contributed by atoms with Gasteiger partial charge in [-0.15, -0.1) is 0 Å². The molecule has 1 aromatic carbocycles. The van der Waals surface area contributed by atoms with E-state index in [1.807, 2.05) is 0 Å². The second kappa shape index (κ2) is 5.18. The molecule has 0 radical (unpaired) electrons. The van der Waals surface area contributed by atoms with Crippen molar-refractivity contribution in [3.05, 3.63) is 35.4 Å². The second-order valence-corrected chi connectivity index (χ2v) is 7.68. The first kappa shape index (κ1) is 14.1. The molecule has 1 nitrogen and oxygen atoms in total. The summed E-state index contributed by atoms with van der Waals surface area (Å²) in [5.41, 5.74) is 10.0.